The molecule has 0 spiro atoms. The van der Waals surface area contributed by atoms with E-state index < -0.39 is 6.04 Å². The van der Waals surface area contributed by atoms with Gasteiger partial charge in [0.1, 0.15) is 6.04 Å². The first kappa shape index (κ1) is 13.3. The normalized spacial score (nSPS) is 20.3. The molecule has 1 amide bonds. The van der Waals surface area contributed by atoms with Gasteiger partial charge in [-0.25, -0.2) is 0 Å². The summed E-state index contributed by atoms with van der Waals surface area (Å²) in [7, 11) is 0. The zero-order chi connectivity index (χ0) is 13.3. The lowest BCUT2D eigenvalue weighted by atomic mass is 10.1. The number of carbonyl (C=O) groups is 1. The van der Waals surface area contributed by atoms with Gasteiger partial charge in [-0.3, -0.25) is 4.79 Å². The van der Waals surface area contributed by atoms with Crippen LogP contribution in [-0.2, 0) is 4.79 Å². The molecule has 98 valence electrons. The molecule has 1 aliphatic rings. The Morgan fingerprint density at radius 3 is 2.83 bits per heavy atom. The summed E-state index contributed by atoms with van der Waals surface area (Å²) in [5, 5.41) is 12.7. The van der Waals surface area contributed by atoms with Crippen LogP contribution < -0.4 is 10.2 Å². The van der Waals surface area contributed by atoms with Crippen LogP contribution in [0.25, 0.3) is 0 Å². The Hall–Kier alpha value is -1.10. The van der Waals surface area contributed by atoms with Gasteiger partial charge >= 0.3 is 0 Å². The average Bonchev–Trinajstić information content (AvgIpc) is 2.30. The summed E-state index contributed by atoms with van der Waals surface area (Å²) in [6.07, 6.45) is 0. The third kappa shape index (κ3) is 2.36. The molecule has 5 heteroatoms. The van der Waals surface area contributed by atoms with Crippen molar-refractivity contribution in [3.63, 3.8) is 0 Å². The Bertz CT molecular complexity index is 453. The number of benzene rings is 1. The van der Waals surface area contributed by atoms with Gasteiger partial charge in [-0.15, -0.1) is 0 Å². The maximum atomic E-state index is 12.2. The molecule has 1 fully saturated rings. The van der Waals surface area contributed by atoms with E-state index in [1.807, 2.05) is 26.0 Å². The summed E-state index contributed by atoms with van der Waals surface area (Å²) >= 11 is 6.25. The van der Waals surface area contributed by atoms with Gasteiger partial charge in [0.25, 0.3) is 0 Å². The van der Waals surface area contributed by atoms with Gasteiger partial charge in [0.15, 0.2) is 0 Å². The predicted octanol–water partition coefficient (Wildman–Crippen LogP) is 1.25. The van der Waals surface area contributed by atoms with E-state index >= 15 is 0 Å². The fourth-order valence-corrected chi connectivity index (χ4v) is 2.77. The number of carbonyl (C=O) groups excluding carboxylic acids is 1. The van der Waals surface area contributed by atoms with Crippen molar-refractivity contribution in [2.45, 2.75) is 19.9 Å². The topological polar surface area (TPSA) is 52.6 Å². The summed E-state index contributed by atoms with van der Waals surface area (Å²) in [5.74, 6) is -0.127. The standard InChI is InChI=1S/C13H17ClN2O2/c1-8-5-9(2)12(10(14)6-8)16-4-3-15-11(7-17)13(16)18/h5-6,11,15,17H,3-4,7H2,1-2H3. The van der Waals surface area contributed by atoms with Crippen molar-refractivity contribution in [3.05, 3.63) is 28.3 Å². The van der Waals surface area contributed by atoms with Crippen molar-refractivity contribution >= 4 is 23.2 Å². The monoisotopic (exact) mass is 268 g/mol. The van der Waals surface area contributed by atoms with E-state index in [1.165, 1.54) is 0 Å². The number of hydrogen-bond acceptors (Lipinski definition) is 3. The molecule has 1 aromatic rings. The van der Waals surface area contributed by atoms with Crippen LogP contribution >= 0.6 is 11.6 Å². The van der Waals surface area contributed by atoms with Gasteiger partial charge < -0.3 is 15.3 Å². The first-order valence-electron chi connectivity index (χ1n) is 5.97. The van der Waals surface area contributed by atoms with Crippen molar-refractivity contribution in [1.82, 2.24) is 5.32 Å². The lowest BCUT2D eigenvalue weighted by Crippen LogP contribution is -2.57. The number of anilines is 1. The first-order chi connectivity index (χ1) is 8.54. The van der Waals surface area contributed by atoms with E-state index in [1.54, 1.807) is 4.90 Å². The van der Waals surface area contributed by atoms with Crippen molar-refractivity contribution in [3.8, 4) is 0 Å². The molecule has 0 aromatic heterocycles. The van der Waals surface area contributed by atoms with Gasteiger partial charge in [-0.2, -0.15) is 0 Å². The number of rotatable bonds is 2. The minimum Gasteiger partial charge on any atom is -0.394 e. The van der Waals surface area contributed by atoms with Gasteiger partial charge in [0.05, 0.1) is 17.3 Å². The molecule has 1 atom stereocenters. The highest BCUT2D eigenvalue weighted by Crippen LogP contribution is 2.31. The summed E-state index contributed by atoms with van der Waals surface area (Å²) in [6.45, 7) is 4.94. The number of hydrogen-bond donors (Lipinski definition) is 2. The summed E-state index contributed by atoms with van der Waals surface area (Å²) in [4.78, 5) is 13.9. The zero-order valence-corrected chi connectivity index (χ0v) is 11.3. The quantitative estimate of drug-likeness (QED) is 0.849. The summed E-state index contributed by atoms with van der Waals surface area (Å²) in [6, 6.07) is 3.33. The second-order valence-electron chi connectivity index (χ2n) is 4.59. The summed E-state index contributed by atoms with van der Waals surface area (Å²) < 4.78 is 0. The molecular weight excluding hydrogens is 252 g/mol. The number of nitrogens with zero attached hydrogens (tertiary/aromatic N) is 1. The molecule has 1 unspecified atom stereocenters. The smallest absolute Gasteiger partial charge is 0.246 e. The van der Waals surface area contributed by atoms with Crippen LogP contribution in [0.1, 0.15) is 11.1 Å². The van der Waals surface area contributed by atoms with E-state index in [9.17, 15) is 4.79 Å². The maximum Gasteiger partial charge on any atom is 0.246 e. The molecule has 1 saturated heterocycles. The van der Waals surface area contributed by atoms with E-state index in [0.29, 0.717) is 18.1 Å². The number of nitrogens with one attached hydrogen (secondary N) is 1. The fourth-order valence-electron chi connectivity index (χ4n) is 2.35. The lowest BCUT2D eigenvalue weighted by molar-refractivity contribution is -0.122. The molecule has 4 nitrogen and oxygen atoms in total. The van der Waals surface area contributed by atoms with Gasteiger partial charge in [-0.05, 0) is 31.0 Å². The average molecular weight is 269 g/mol. The predicted molar refractivity (Wildman–Crippen MR) is 72.2 cm³/mol. The number of amides is 1. The highest BCUT2D eigenvalue weighted by atomic mass is 35.5. The number of aryl methyl sites for hydroxylation is 2. The number of piperazine rings is 1. The Morgan fingerprint density at radius 1 is 1.50 bits per heavy atom. The fraction of sp³-hybridized carbons (Fsp3) is 0.462. The third-order valence-corrected chi connectivity index (χ3v) is 3.43. The van der Waals surface area contributed by atoms with Crippen LogP contribution in [0.15, 0.2) is 12.1 Å². The molecule has 0 bridgehead atoms. The highest BCUT2D eigenvalue weighted by Gasteiger charge is 2.30. The molecule has 2 N–H and O–H groups in total. The van der Waals surface area contributed by atoms with Crippen LogP contribution in [0.4, 0.5) is 5.69 Å². The van der Waals surface area contributed by atoms with E-state index in [2.05, 4.69) is 5.32 Å². The molecule has 2 rings (SSSR count). The number of halogens is 1. The third-order valence-electron chi connectivity index (χ3n) is 3.14. The second-order valence-corrected chi connectivity index (χ2v) is 5.00. The van der Waals surface area contributed by atoms with Crippen LogP contribution in [-0.4, -0.2) is 36.8 Å². The molecule has 1 aromatic carbocycles. The molecule has 1 aliphatic heterocycles. The minimum absolute atomic E-state index is 0.127. The second kappa shape index (κ2) is 5.26. The van der Waals surface area contributed by atoms with Gasteiger partial charge in [0.2, 0.25) is 5.91 Å². The Labute approximate surface area is 112 Å². The number of aliphatic hydroxyl groups excluding tert-OH is 1. The molecule has 18 heavy (non-hydrogen) atoms. The molecule has 0 aliphatic carbocycles. The van der Waals surface area contributed by atoms with Crippen molar-refractivity contribution in [1.29, 1.82) is 0 Å². The molecule has 0 radical (unpaired) electrons. The van der Waals surface area contributed by atoms with Crippen LogP contribution in [0.2, 0.25) is 5.02 Å². The maximum absolute atomic E-state index is 12.2. The van der Waals surface area contributed by atoms with Crippen molar-refractivity contribution in [2.24, 2.45) is 0 Å². The highest BCUT2D eigenvalue weighted by molar-refractivity contribution is 6.34. The Morgan fingerprint density at radius 2 is 2.22 bits per heavy atom. The van der Waals surface area contributed by atoms with Crippen LogP contribution in [0, 0.1) is 13.8 Å². The molecular formula is C13H17ClN2O2. The van der Waals surface area contributed by atoms with Crippen molar-refractivity contribution < 1.29 is 9.90 Å². The zero-order valence-electron chi connectivity index (χ0n) is 10.5. The van der Waals surface area contributed by atoms with Crippen LogP contribution in [0.5, 0.6) is 0 Å². The molecule has 0 saturated carbocycles. The minimum atomic E-state index is -0.532. The SMILES string of the molecule is Cc1cc(C)c(N2CCNC(CO)C2=O)c(Cl)c1. The molecule has 1 heterocycles. The first-order valence-corrected chi connectivity index (χ1v) is 6.34. The van der Waals surface area contributed by atoms with E-state index in [4.69, 9.17) is 16.7 Å². The largest absolute Gasteiger partial charge is 0.394 e. The number of aliphatic hydroxyl groups is 1. The van der Waals surface area contributed by atoms with Gasteiger partial charge in [0, 0.05) is 13.1 Å². The Kier molecular flexibility index (Phi) is 3.90. The van der Waals surface area contributed by atoms with Gasteiger partial charge in [-0.1, -0.05) is 17.7 Å². The summed E-state index contributed by atoms with van der Waals surface area (Å²) in [5.41, 5.74) is 2.81. The lowest BCUT2D eigenvalue weighted by Gasteiger charge is -2.33. The van der Waals surface area contributed by atoms with Crippen LogP contribution in [0.3, 0.4) is 0 Å². The van der Waals surface area contributed by atoms with E-state index in [-0.39, 0.29) is 12.5 Å². The Balaban J connectivity index is 2.39. The van der Waals surface area contributed by atoms with E-state index in [0.717, 1.165) is 16.8 Å². The van der Waals surface area contributed by atoms with Crippen molar-refractivity contribution in [2.75, 3.05) is 24.6 Å².